The topological polar surface area (TPSA) is 87.2 Å². The molecule has 0 aliphatic carbocycles. The van der Waals surface area contributed by atoms with Crippen molar-refractivity contribution in [3.8, 4) is 0 Å². The summed E-state index contributed by atoms with van der Waals surface area (Å²) in [5, 5.41) is 10.7. The molecule has 0 saturated carbocycles. The highest BCUT2D eigenvalue weighted by atomic mass is 32.2. The van der Waals surface area contributed by atoms with Crippen molar-refractivity contribution in [2.75, 3.05) is 24.7 Å². The monoisotopic (exact) mass is 558 g/mol. The number of aliphatic hydroxyl groups is 1. The first-order valence-electron chi connectivity index (χ1n) is 13.8. The van der Waals surface area contributed by atoms with Gasteiger partial charge in [0.05, 0.1) is 35.8 Å². The van der Waals surface area contributed by atoms with Crippen molar-refractivity contribution in [3.63, 3.8) is 0 Å². The van der Waals surface area contributed by atoms with Crippen molar-refractivity contribution in [2.45, 2.75) is 48.8 Å². The maximum atomic E-state index is 14.9. The second kappa shape index (κ2) is 9.93. The van der Waals surface area contributed by atoms with Gasteiger partial charge in [-0.15, -0.1) is 11.8 Å². The maximum absolute atomic E-state index is 14.9. The number of carbonyl (C=O) groups excluding carboxylic acids is 3. The average molecular weight is 559 g/mol. The lowest BCUT2D eigenvalue weighted by Gasteiger charge is -2.40. The molecule has 208 valence electrons. The molecule has 2 aromatic rings. The van der Waals surface area contributed by atoms with Gasteiger partial charge in [-0.05, 0) is 43.9 Å². The lowest BCUT2D eigenvalue weighted by Crippen LogP contribution is -2.55. The molecule has 0 bridgehead atoms. The zero-order valence-electron chi connectivity index (χ0n) is 22.9. The number of nitrogens with zero attached hydrogens (tertiary/aromatic N) is 2. The van der Waals surface area contributed by atoms with E-state index in [1.165, 1.54) is 11.8 Å². The number of rotatable bonds is 4. The van der Waals surface area contributed by atoms with Crippen LogP contribution in [0.25, 0.3) is 0 Å². The van der Waals surface area contributed by atoms with E-state index in [1.54, 1.807) is 9.80 Å². The number of amides is 2. The Morgan fingerprint density at radius 3 is 2.40 bits per heavy atom. The van der Waals surface area contributed by atoms with Gasteiger partial charge in [-0.3, -0.25) is 14.4 Å². The second-order valence-corrected chi connectivity index (χ2v) is 13.1. The van der Waals surface area contributed by atoms with Gasteiger partial charge in [-0.2, -0.15) is 0 Å². The molecule has 4 aliphatic heterocycles. The van der Waals surface area contributed by atoms with E-state index in [-0.39, 0.29) is 25.0 Å². The van der Waals surface area contributed by atoms with E-state index in [9.17, 15) is 19.5 Å². The summed E-state index contributed by atoms with van der Waals surface area (Å²) in [6.45, 7) is 6.18. The predicted octanol–water partition coefficient (Wildman–Crippen LogP) is 4.13. The molecular formula is C32H34N2O5S. The molecule has 6 rings (SSSR count). The second-order valence-electron chi connectivity index (χ2n) is 11.3. The van der Waals surface area contributed by atoms with Crippen LogP contribution in [0.15, 0.2) is 72.8 Å². The molecule has 6 atom stereocenters. The number of fused-ring (bicyclic) bond motifs is 2. The highest BCUT2D eigenvalue weighted by Gasteiger charge is 2.74. The Morgan fingerprint density at radius 1 is 0.975 bits per heavy atom. The van der Waals surface area contributed by atoms with Gasteiger partial charge < -0.3 is 19.6 Å². The summed E-state index contributed by atoms with van der Waals surface area (Å²) in [5.74, 6) is -2.52. The van der Waals surface area contributed by atoms with Crippen molar-refractivity contribution < 1.29 is 24.2 Å². The zero-order valence-corrected chi connectivity index (χ0v) is 23.8. The first kappa shape index (κ1) is 26.8. The number of cyclic esters (lactones) is 1. The van der Waals surface area contributed by atoms with E-state index in [0.717, 1.165) is 22.4 Å². The summed E-state index contributed by atoms with van der Waals surface area (Å²) < 4.78 is 3.89. The molecule has 1 N–H and O–H groups in total. The van der Waals surface area contributed by atoms with E-state index in [4.69, 9.17) is 4.74 Å². The number of thioether (sulfide) groups is 1. The molecule has 2 aromatic carbocycles. The van der Waals surface area contributed by atoms with Gasteiger partial charge in [0, 0.05) is 17.0 Å². The van der Waals surface area contributed by atoms with Crippen LogP contribution in [0.1, 0.15) is 36.1 Å². The quantitative estimate of drug-likeness (QED) is 0.449. The minimum absolute atomic E-state index is 0.213. The van der Waals surface area contributed by atoms with Crippen molar-refractivity contribution in [3.05, 3.63) is 89.5 Å². The minimum Gasteiger partial charge on any atom is -0.465 e. The number of ether oxygens (including phenoxy) is 1. The number of carbonyl (C=O) groups is 3. The molecule has 2 saturated heterocycles. The van der Waals surface area contributed by atoms with Crippen LogP contribution in [0.2, 0.25) is 0 Å². The molecule has 0 aromatic heterocycles. The normalized spacial score (nSPS) is 32.1. The molecule has 2 amide bonds. The lowest BCUT2D eigenvalue weighted by atomic mass is 9.74. The Balaban J connectivity index is 1.56. The summed E-state index contributed by atoms with van der Waals surface area (Å²) in [6, 6.07) is 13.6. The molecule has 1 spiro atoms. The molecular weight excluding hydrogens is 524 g/mol. The number of esters is 1. The van der Waals surface area contributed by atoms with Crippen molar-refractivity contribution in [1.29, 1.82) is 0 Å². The van der Waals surface area contributed by atoms with E-state index in [2.05, 4.69) is 0 Å². The Labute approximate surface area is 238 Å². The number of aryl methyl sites for hydroxylation is 2. The minimum atomic E-state index is -1.02. The molecule has 8 heteroatoms. The molecule has 4 aliphatic rings. The van der Waals surface area contributed by atoms with Crippen molar-refractivity contribution >= 4 is 35.2 Å². The predicted molar refractivity (Wildman–Crippen MR) is 155 cm³/mol. The summed E-state index contributed by atoms with van der Waals surface area (Å²) in [7, 11) is 0. The number of hydrogen-bond acceptors (Lipinski definition) is 6. The molecule has 1 unspecified atom stereocenters. The molecule has 4 heterocycles. The Hall–Kier alpha value is -3.36. The molecule has 0 radical (unpaired) electrons. The van der Waals surface area contributed by atoms with Crippen molar-refractivity contribution in [1.82, 2.24) is 4.90 Å². The third-order valence-electron chi connectivity index (χ3n) is 8.86. The molecule has 2 fully saturated rings. The number of para-hydroxylation sites is 1. The van der Waals surface area contributed by atoms with Crippen molar-refractivity contribution in [2.24, 2.45) is 11.8 Å². The Morgan fingerprint density at radius 2 is 1.70 bits per heavy atom. The van der Waals surface area contributed by atoms with E-state index < -0.39 is 39.4 Å². The van der Waals surface area contributed by atoms with Crippen LogP contribution in [0.4, 0.5) is 5.69 Å². The highest BCUT2D eigenvalue weighted by molar-refractivity contribution is 8.02. The van der Waals surface area contributed by atoms with Crippen LogP contribution < -0.4 is 4.90 Å². The van der Waals surface area contributed by atoms with Gasteiger partial charge in [0.15, 0.2) is 0 Å². The summed E-state index contributed by atoms with van der Waals surface area (Å²) in [5.41, 5.74) is 3.49. The first-order valence-corrected chi connectivity index (χ1v) is 14.6. The number of anilines is 1. The number of benzene rings is 2. The van der Waals surface area contributed by atoms with Crippen LogP contribution in [0.5, 0.6) is 0 Å². The fourth-order valence-corrected chi connectivity index (χ4v) is 9.36. The van der Waals surface area contributed by atoms with Crippen LogP contribution >= 0.6 is 11.8 Å². The first-order chi connectivity index (χ1) is 19.2. The largest absolute Gasteiger partial charge is 0.465 e. The summed E-state index contributed by atoms with van der Waals surface area (Å²) in [6.07, 6.45) is 8.60. The number of likely N-dealkylation sites (tertiary alicyclic amines) is 1. The highest BCUT2D eigenvalue weighted by Crippen LogP contribution is 2.66. The van der Waals surface area contributed by atoms with E-state index >= 15 is 0 Å². The fourth-order valence-electron chi connectivity index (χ4n) is 7.22. The van der Waals surface area contributed by atoms with Gasteiger partial charge in [-0.25, -0.2) is 0 Å². The zero-order chi connectivity index (χ0) is 28.2. The van der Waals surface area contributed by atoms with Crippen LogP contribution in [0, 0.1) is 25.7 Å². The lowest BCUT2D eigenvalue weighted by molar-refractivity contribution is -0.154. The van der Waals surface area contributed by atoms with Gasteiger partial charge in [0.1, 0.15) is 6.04 Å². The summed E-state index contributed by atoms with van der Waals surface area (Å²) in [4.78, 5) is 46.4. The average Bonchev–Trinajstić information content (AvgIpc) is 3.25. The number of hydrogen-bond donors (Lipinski definition) is 1. The smallest absolute Gasteiger partial charge is 0.311 e. The van der Waals surface area contributed by atoms with Gasteiger partial charge in [0.25, 0.3) is 5.91 Å². The maximum Gasteiger partial charge on any atom is 0.311 e. The third-order valence-corrected chi connectivity index (χ3v) is 10.7. The van der Waals surface area contributed by atoms with Gasteiger partial charge in [0.2, 0.25) is 5.91 Å². The SMILES string of the molecule is Cc1cccc(C)c1N1CC=C[C@]23S[C@@]4(C)C=CCCOC(=O)[C@H]4[C@H]2C(=O)N([C@H](CO)c2ccccc2)C3C1=O. The van der Waals surface area contributed by atoms with Crippen LogP contribution in [-0.2, 0) is 19.1 Å². The van der Waals surface area contributed by atoms with Crippen LogP contribution in [-0.4, -0.2) is 63.1 Å². The van der Waals surface area contributed by atoms with E-state index in [0.29, 0.717) is 13.0 Å². The number of aliphatic hydroxyl groups excluding tert-OH is 1. The Bertz CT molecular complexity index is 1400. The molecule has 7 nitrogen and oxygen atoms in total. The molecule has 40 heavy (non-hydrogen) atoms. The fraction of sp³-hybridized carbons (Fsp3) is 0.406. The Kier molecular flexibility index (Phi) is 6.66. The third kappa shape index (κ3) is 3.87. The standard InChI is InChI=1S/C32H34N2O5S/c1-20-11-9-12-21(2)26(20)33-17-10-16-32-24(25-30(38)39-18-8-7-15-31(25,3)40-32)28(36)34(27(32)29(33)37)23(19-35)22-13-5-4-6-14-22/h4-7,9-16,23-25,27,35H,8,17-19H2,1-3H3/t23-,24+,25-,27?,31+,32+/m1/s1. The van der Waals surface area contributed by atoms with Crippen LogP contribution in [0.3, 0.4) is 0 Å². The van der Waals surface area contributed by atoms with Gasteiger partial charge in [-0.1, -0.05) is 72.8 Å². The van der Waals surface area contributed by atoms with Gasteiger partial charge >= 0.3 is 5.97 Å². The summed E-state index contributed by atoms with van der Waals surface area (Å²) >= 11 is 1.51. The van der Waals surface area contributed by atoms with E-state index in [1.807, 2.05) is 93.6 Å².